The lowest BCUT2D eigenvalue weighted by molar-refractivity contribution is 0.620. The average molecular weight is 322 g/mol. The summed E-state index contributed by atoms with van der Waals surface area (Å²) < 4.78 is 14.0. The average Bonchev–Trinajstić information content (AvgIpc) is 2.40. The quantitative estimate of drug-likeness (QED) is 0.740. The Morgan fingerprint density at radius 2 is 1.79 bits per heavy atom. The molecule has 0 bridgehead atoms. The molecular weight excluding hydrogens is 305 g/mol. The van der Waals surface area contributed by atoms with Gasteiger partial charge in [-0.3, -0.25) is 0 Å². The number of para-hydroxylation sites is 1. The lowest BCUT2D eigenvalue weighted by atomic mass is 10.1. The number of hydrogen-bond donors (Lipinski definition) is 0. The molecule has 0 aliphatic carbocycles. The van der Waals surface area contributed by atoms with E-state index in [-0.39, 0.29) is 5.82 Å². The first-order valence-corrected chi connectivity index (χ1v) is 7.34. The summed E-state index contributed by atoms with van der Waals surface area (Å²) >= 11 is 3.41. The van der Waals surface area contributed by atoms with Crippen molar-refractivity contribution in [3.8, 4) is 0 Å². The van der Waals surface area contributed by atoms with Crippen LogP contribution in [-0.2, 0) is 11.9 Å². The highest BCUT2D eigenvalue weighted by molar-refractivity contribution is 9.08. The summed E-state index contributed by atoms with van der Waals surface area (Å²) in [7, 11) is 1.92. The van der Waals surface area contributed by atoms with Crippen LogP contribution in [0.4, 0.5) is 10.1 Å². The van der Waals surface area contributed by atoms with Crippen molar-refractivity contribution >= 4 is 21.6 Å². The van der Waals surface area contributed by atoms with Gasteiger partial charge in [0, 0.05) is 18.9 Å². The number of hydrogen-bond acceptors (Lipinski definition) is 1. The van der Waals surface area contributed by atoms with Gasteiger partial charge in [0.2, 0.25) is 0 Å². The molecule has 0 N–H and O–H groups in total. The van der Waals surface area contributed by atoms with Crippen molar-refractivity contribution in [2.24, 2.45) is 0 Å². The Bertz CT molecular complexity index is 551. The highest BCUT2D eigenvalue weighted by atomic mass is 79.9. The molecule has 0 aliphatic heterocycles. The summed E-state index contributed by atoms with van der Waals surface area (Å²) in [6.07, 6.45) is 0. The third-order valence-corrected chi connectivity index (χ3v) is 3.74. The van der Waals surface area contributed by atoms with E-state index < -0.39 is 0 Å². The van der Waals surface area contributed by atoms with Crippen LogP contribution in [0, 0.1) is 12.7 Å². The van der Waals surface area contributed by atoms with Gasteiger partial charge in [0.15, 0.2) is 0 Å². The molecule has 0 aromatic heterocycles. The van der Waals surface area contributed by atoms with E-state index in [2.05, 4.69) is 47.1 Å². The zero-order chi connectivity index (χ0) is 13.8. The fourth-order valence-electron chi connectivity index (χ4n) is 2.14. The number of aryl methyl sites for hydroxylation is 1. The van der Waals surface area contributed by atoms with Crippen LogP contribution >= 0.6 is 15.9 Å². The molecule has 3 heteroatoms. The van der Waals surface area contributed by atoms with E-state index in [1.54, 1.807) is 6.07 Å². The van der Waals surface area contributed by atoms with Gasteiger partial charge in [-0.15, -0.1) is 0 Å². The molecule has 0 saturated heterocycles. The van der Waals surface area contributed by atoms with Crippen molar-refractivity contribution in [3.63, 3.8) is 0 Å². The summed E-state index contributed by atoms with van der Waals surface area (Å²) in [6.45, 7) is 2.76. The number of anilines is 1. The Kier molecular flexibility index (Phi) is 4.59. The molecule has 0 unspecified atom stereocenters. The molecule has 0 aliphatic rings. The topological polar surface area (TPSA) is 3.24 Å². The Hall–Kier alpha value is -1.35. The molecule has 0 spiro atoms. The molecule has 0 atom stereocenters. The van der Waals surface area contributed by atoms with Crippen LogP contribution in [0.15, 0.2) is 42.5 Å². The largest absolute Gasteiger partial charge is 0.368 e. The molecule has 0 fully saturated rings. The van der Waals surface area contributed by atoms with Crippen LogP contribution < -0.4 is 4.90 Å². The second-order valence-electron chi connectivity index (χ2n) is 4.72. The van der Waals surface area contributed by atoms with E-state index in [4.69, 9.17) is 0 Å². The predicted octanol–water partition coefficient (Wildman–Crippen LogP) is 4.67. The summed E-state index contributed by atoms with van der Waals surface area (Å²) in [5.74, 6) is -0.174. The van der Waals surface area contributed by atoms with Crippen molar-refractivity contribution in [1.82, 2.24) is 0 Å². The van der Waals surface area contributed by atoms with Gasteiger partial charge < -0.3 is 4.90 Å². The van der Waals surface area contributed by atoms with Gasteiger partial charge in [0.05, 0.1) is 5.69 Å². The molecule has 2 aromatic carbocycles. The number of alkyl halides is 1. The van der Waals surface area contributed by atoms with Crippen molar-refractivity contribution in [2.45, 2.75) is 18.8 Å². The van der Waals surface area contributed by atoms with Crippen molar-refractivity contribution in [3.05, 3.63) is 65.0 Å². The molecule has 1 nitrogen and oxygen atoms in total. The number of halogens is 2. The van der Waals surface area contributed by atoms with Crippen LogP contribution in [0.25, 0.3) is 0 Å². The zero-order valence-corrected chi connectivity index (χ0v) is 12.7. The Labute approximate surface area is 122 Å². The third kappa shape index (κ3) is 3.35. The molecule has 100 valence electrons. The van der Waals surface area contributed by atoms with Crippen molar-refractivity contribution in [2.75, 3.05) is 11.9 Å². The standard InChI is InChI=1S/C16H17BrFN/c1-12-6-8-13(9-7-12)11-19(2)16-14(10-17)4-3-5-15(16)18/h3-9H,10-11H2,1-2H3. The monoisotopic (exact) mass is 321 g/mol. The zero-order valence-electron chi connectivity index (χ0n) is 11.2. The van der Waals surface area contributed by atoms with E-state index in [9.17, 15) is 4.39 Å². The molecule has 2 rings (SSSR count). The number of benzene rings is 2. The normalized spacial score (nSPS) is 10.5. The molecule has 0 amide bonds. The fraction of sp³-hybridized carbons (Fsp3) is 0.250. The third-order valence-electron chi connectivity index (χ3n) is 3.14. The van der Waals surface area contributed by atoms with Gasteiger partial charge in [-0.1, -0.05) is 57.9 Å². The summed E-state index contributed by atoms with van der Waals surface area (Å²) in [6, 6.07) is 13.5. The summed E-state index contributed by atoms with van der Waals surface area (Å²) in [4.78, 5) is 1.95. The predicted molar refractivity (Wildman–Crippen MR) is 82.3 cm³/mol. The van der Waals surface area contributed by atoms with Crippen molar-refractivity contribution in [1.29, 1.82) is 0 Å². The molecule has 0 radical (unpaired) electrons. The summed E-state index contributed by atoms with van der Waals surface area (Å²) in [5.41, 5.74) is 4.05. The Morgan fingerprint density at radius 3 is 2.42 bits per heavy atom. The van der Waals surface area contributed by atoms with Crippen LogP contribution in [0.2, 0.25) is 0 Å². The molecule has 19 heavy (non-hydrogen) atoms. The lowest BCUT2D eigenvalue weighted by Gasteiger charge is -2.22. The first-order chi connectivity index (χ1) is 9.11. The van der Waals surface area contributed by atoms with E-state index in [0.717, 1.165) is 5.56 Å². The minimum absolute atomic E-state index is 0.174. The minimum Gasteiger partial charge on any atom is -0.368 e. The van der Waals surface area contributed by atoms with Crippen LogP contribution in [-0.4, -0.2) is 7.05 Å². The minimum atomic E-state index is -0.174. The SMILES string of the molecule is Cc1ccc(CN(C)c2c(F)cccc2CBr)cc1. The second kappa shape index (κ2) is 6.20. The first-order valence-electron chi connectivity index (χ1n) is 6.22. The fourth-order valence-corrected chi connectivity index (χ4v) is 2.59. The van der Waals surface area contributed by atoms with Gasteiger partial charge in [0.1, 0.15) is 5.82 Å². The Morgan fingerprint density at radius 1 is 1.11 bits per heavy atom. The van der Waals surface area contributed by atoms with Gasteiger partial charge in [-0.2, -0.15) is 0 Å². The highest BCUT2D eigenvalue weighted by Crippen LogP contribution is 2.26. The van der Waals surface area contributed by atoms with E-state index in [1.165, 1.54) is 17.2 Å². The van der Waals surface area contributed by atoms with Crippen LogP contribution in [0.1, 0.15) is 16.7 Å². The van der Waals surface area contributed by atoms with E-state index >= 15 is 0 Å². The molecule has 0 saturated carbocycles. The van der Waals surface area contributed by atoms with E-state index in [0.29, 0.717) is 17.6 Å². The Balaban J connectivity index is 2.24. The number of nitrogens with zero attached hydrogens (tertiary/aromatic N) is 1. The first kappa shape index (κ1) is 14.1. The maximum atomic E-state index is 14.0. The van der Waals surface area contributed by atoms with Gasteiger partial charge in [0.25, 0.3) is 0 Å². The van der Waals surface area contributed by atoms with Crippen LogP contribution in [0.5, 0.6) is 0 Å². The summed E-state index contributed by atoms with van der Waals surface area (Å²) in [5, 5.41) is 0.651. The highest BCUT2D eigenvalue weighted by Gasteiger charge is 2.12. The maximum absolute atomic E-state index is 14.0. The maximum Gasteiger partial charge on any atom is 0.146 e. The number of rotatable bonds is 4. The van der Waals surface area contributed by atoms with Crippen LogP contribution in [0.3, 0.4) is 0 Å². The van der Waals surface area contributed by atoms with Crippen molar-refractivity contribution < 1.29 is 4.39 Å². The van der Waals surface area contributed by atoms with Gasteiger partial charge in [-0.25, -0.2) is 4.39 Å². The lowest BCUT2D eigenvalue weighted by Crippen LogP contribution is -2.19. The smallest absolute Gasteiger partial charge is 0.146 e. The van der Waals surface area contributed by atoms with E-state index in [1.807, 2.05) is 18.0 Å². The van der Waals surface area contributed by atoms with Gasteiger partial charge in [-0.05, 0) is 24.1 Å². The molecular formula is C16H17BrFN. The van der Waals surface area contributed by atoms with Gasteiger partial charge >= 0.3 is 0 Å². The molecule has 0 heterocycles. The second-order valence-corrected chi connectivity index (χ2v) is 5.28. The molecule has 2 aromatic rings.